The molecule has 0 bridgehead atoms. The SMILES string of the molecule is Cc1ccc(CCC2CCN(C(=O)[C@@H]3CC[C@H](CN)O3)CC2)cc1.Cl. The Morgan fingerprint density at radius 3 is 2.44 bits per heavy atom. The zero-order valence-corrected chi connectivity index (χ0v) is 16.0. The molecule has 4 nitrogen and oxygen atoms in total. The molecule has 2 atom stereocenters. The Bertz CT molecular complexity index is 541. The first kappa shape index (κ1) is 20.2. The number of carbonyl (C=O) groups excluding carboxylic acids is 1. The van der Waals surface area contributed by atoms with Crippen LogP contribution in [0, 0.1) is 12.8 Å². The number of nitrogens with two attached hydrogens (primary N) is 1. The number of carbonyl (C=O) groups is 1. The smallest absolute Gasteiger partial charge is 0.251 e. The number of rotatable bonds is 5. The van der Waals surface area contributed by atoms with Gasteiger partial charge in [0.15, 0.2) is 0 Å². The molecule has 0 aromatic heterocycles. The predicted molar refractivity (Wildman–Crippen MR) is 103 cm³/mol. The van der Waals surface area contributed by atoms with E-state index >= 15 is 0 Å². The molecule has 2 fully saturated rings. The first-order valence-corrected chi connectivity index (χ1v) is 9.35. The predicted octanol–water partition coefficient (Wildman–Crippen LogP) is 3.09. The van der Waals surface area contributed by atoms with Gasteiger partial charge in [0.2, 0.25) is 0 Å². The topological polar surface area (TPSA) is 55.6 Å². The van der Waals surface area contributed by atoms with Crippen LogP contribution in [0.25, 0.3) is 0 Å². The number of piperidine rings is 1. The minimum Gasteiger partial charge on any atom is -0.364 e. The molecule has 0 saturated carbocycles. The molecule has 3 rings (SSSR count). The average Bonchev–Trinajstić information content (AvgIpc) is 3.10. The standard InChI is InChI=1S/C20H30N2O2.ClH/c1-15-2-4-16(5-3-15)6-7-17-10-12-22(13-11-17)20(23)19-9-8-18(14-21)24-19;/h2-5,17-19H,6-14,21H2,1H3;1H/t18-,19+;/m1./s1. The van der Waals surface area contributed by atoms with Crippen molar-refractivity contribution in [1.82, 2.24) is 4.90 Å². The van der Waals surface area contributed by atoms with Crippen LogP contribution in [0.15, 0.2) is 24.3 Å². The van der Waals surface area contributed by atoms with Crippen molar-refractivity contribution in [2.75, 3.05) is 19.6 Å². The van der Waals surface area contributed by atoms with Gasteiger partial charge in [-0.05, 0) is 56.9 Å². The van der Waals surface area contributed by atoms with Gasteiger partial charge in [0, 0.05) is 19.6 Å². The highest BCUT2D eigenvalue weighted by Crippen LogP contribution is 2.26. The first-order chi connectivity index (χ1) is 11.7. The van der Waals surface area contributed by atoms with E-state index in [0.717, 1.165) is 51.1 Å². The van der Waals surface area contributed by atoms with Crippen LogP contribution in [0.5, 0.6) is 0 Å². The molecule has 2 aliphatic heterocycles. The van der Waals surface area contributed by atoms with Gasteiger partial charge in [-0.2, -0.15) is 0 Å². The number of amides is 1. The van der Waals surface area contributed by atoms with E-state index in [0.29, 0.717) is 6.54 Å². The highest BCUT2D eigenvalue weighted by atomic mass is 35.5. The quantitative estimate of drug-likeness (QED) is 0.871. The Morgan fingerprint density at radius 1 is 1.16 bits per heavy atom. The van der Waals surface area contributed by atoms with Crippen molar-refractivity contribution in [2.24, 2.45) is 11.7 Å². The van der Waals surface area contributed by atoms with Gasteiger partial charge >= 0.3 is 0 Å². The summed E-state index contributed by atoms with van der Waals surface area (Å²) in [7, 11) is 0. The molecule has 1 aromatic carbocycles. The van der Waals surface area contributed by atoms with E-state index in [1.807, 2.05) is 4.90 Å². The normalized spacial score (nSPS) is 24.2. The largest absolute Gasteiger partial charge is 0.364 e. The Kier molecular flexibility index (Phi) is 7.73. The Balaban J connectivity index is 0.00000225. The second-order valence-electron chi connectivity index (χ2n) is 7.35. The lowest BCUT2D eigenvalue weighted by Crippen LogP contribution is -2.44. The molecular formula is C20H31ClN2O2. The lowest BCUT2D eigenvalue weighted by atomic mass is 9.90. The van der Waals surface area contributed by atoms with Crippen LogP contribution >= 0.6 is 12.4 Å². The monoisotopic (exact) mass is 366 g/mol. The molecule has 0 aliphatic carbocycles. The van der Waals surface area contributed by atoms with Gasteiger partial charge in [-0.1, -0.05) is 29.8 Å². The molecule has 2 aliphatic rings. The van der Waals surface area contributed by atoms with Crippen molar-refractivity contribution in [3.05, 3.63) is 35.4 Å². The lowest BCUT2D eigenvalue weighted by Gasteiger charge is -2.33. The summed E-state index contributed by atoms with van der Waals surface area (Å²) in [6.07, 6.45) is 6.17. The second kappa shape index (κ2) is 9.56. The van der Waals surface area contributed by atoms with Crippen LogP contribution in [-0.4, -0.2) is 42.6 Å². The lowest BCUT2D eigenvalue weighted by molar-refractivity contribution is -0.144. The van der Waals surface area contributed by atoms with Crippen LogP contribution in [0.1, 0.15) is 43.2 Å². The number of hydrogen-bond acceptors (Lipinski definition) is 3. The summed E-state index contributed by atoms with van der Waals surface area (Å²) in [5.41, 5.74) is 8.37. The molecule has 0 spiro atoms. The van der Waals surface area contributed by atoms with Crippen LogP contribution in [-0.2, 0) is 16.0 Å². The number of benzene rings is 1. The molecule has 0 unspecified atom stereocenters. The third-order valence-electron chi connectivity index (χ3n) is 5.53. The molecule has 2 heterocycles. The Morgan fingerprint density at radius 2 is 1.84 bits per heavy atom. The Hall–Kier alpha value is -1.10. The van der Waals surface area contributed by atoms with Gasteiger partial charge in [0.1, 0.15) is 6.10 Å². The van der Waals surface area contributed by atoms with Crippen molar-refractivity contribution in [3.8, 4) is 0 Å². The number of likely N-dealkylation sites (tertiary alicyclic amines) is 1. The van der Waals surface area contributed by atoms with Crippen LogP contribution < -0.4 is 5.73 Å². The molecule has 140 valence electrons. The van der Waals surface area contributed by atoms with E-state index in [4.69, 9.17) is 10.5 Å². The van der Waals surface area contributed by atoms with E-state index in [9.17, 15) is 4.79 Å². The van der Waals surface area contributed by atoms with Gasteiger partial charge in [-0.25, -0.2) is 0 Å². The van der Waals surface area contributed by atoms with Crippen molar-refractivity contribution < 1.29 is 9.53 Å². The summed E-state index contributed by atoms with van der Waals surface area (Å²) < 4.78 is 5.75. The molecular weight excluding hydrogens is 336 g/mol. The zero-order valence-electron chi connectivity index (χ0n) is 15.2. The second-order valence-corrected chi connectivity index (χ2v) is 7.35. The maximum atomic E-state index is 12.5. The number of halogens is 1. The van der Waals surface area contributed by atoms with Crippen molar-refractivity contribution in [1.29, 1.82) is 0 Å². The van der Waals surface area contributed by atoms with Crippen LogP contribution in [0.4, 0.5) is 0 Å². The average molecular weight is 367 g/mol. The molecule has 5 heteroatoms. The summed E-state index contributed by atoms with van der Waals surface area (Å²) in [6, 6.07) is 8.85. The summed E-state index contributed by atoms with van der Waals surface area (Å²) >= 11 is 0. The third-order valence-corrected chi connectivity index (χ3v) is 5.53. The zero-order chi connectivity index (χ0) is 16.9. The maximum absolute atomic E-state index is 12.5. The van der Waals surface area contributed by atoms with Gasteiger partial charge in [0.05, 0.1) is 6.10 Å². The Labute approximate surface area is 157 Å². The summed E-state index contributed by atoms with van der Waals surface area (Å²) in [4.78, 5) is 14.5. The van der Waals surface area contributed by atoms with Gasteiger partial charge in [-0.15, -0.1) is 12.4 Å². The summed E-state index contributed by atoms with van der Waals surface area (Å²) in [5.74, 6) is 0.916. The third kappa shape index (κ3) is 5.44. The van der Waals surface area contributed by atoms with Crippen molar-refractivity contribution in [2.45, 2.75) is 57.7 Å². The van der Waals surface area contributed by atoms with Crippen molar-refractivity contribution >= 4 is 18.3 Å². The number of ether oxygens (including phenoxy) is 1. The number of aryl methyl sites for hydroxylation is 2. The van der Waals surface area contributed by atoms with E-state index in [2.05, 4.69) is 31.2 Å². The molecule has 1 aromatic rings. The van der Waals surface area contributed by atoms with Gasteiger partial charge in [-0.3, -0.25) is 4.79 Å². The summed E-state index contributed by atoms with van der Waals surface area (Å²) in [5, 5.41) is 0. The fraction of sp³-hybridized carbons (Fsp3) is 0.650. The van der Waals surface area contributed by atoms with Gasteiger partial charge in [0.25, 0.3) is 5.91 Å². The highest BCUT2D eigenvalue weighted by Gasteiger charge is 2.34. The van der Waals surface area contributed by atoms with Crippen molar-refractivity contribution in [3.63, 3.8) is 0 Å². The van der Waals surface area contributed by atoms with Crippen LogP contribution in [0.3, 0.4) is 0 Å². The van der Waals surface area contributed by atoms with E-state index in [1.165, 1.54) is 17.5 Å². The minimum atomic E-state index is -0.248. The van der Waals surface area contributed by atoms with Crippen LogP contribution in [0.2, 0.25) is 0 Å². The molecule has 0 radical (unpaired) electrons. The maximum Gasteiger partial charge on any atom is 0.251 e. The molecule has 2 saturated heterocycles. The molecule has 25 heavy (non-hydrogen) atoms. The van der Waals surface area contributed by atoms with E-state index in [-0.39, 0.29) is 30.5 Å². The molecule has 1 amide bonds. The number of nitrogens with zero attached hydrogens (tertiary/aromatic N) is 1. The fourth-order valence-electron chi connectivity index (χ4n) is 3.83. The van der Waals surface area contributed by atoms with E-state index < -0.39 is 0 Å². The number of hydrogen-bond donors (Lipinski definition) is 1. The fourth-order valence-corrected chi connectivity index (χ4v) is 3.83. The van der Waals surface area contributed by atoms with E-state index in [1.54, 1.807) is 0 Å². The minimum absolute atomic E-state index is 0. The summed E-state index contributed by atoms with van der Waals surface area (Å²) in [6.45, 7) is 4.40. The first-order valence-electron chi connectivity index (χ1n) is 9.35. The highest BCUT2D eigenvalue weighted by molar-refractivity contribution is 5.85. The van der Waals surface area contributed by atoms with Gasteiger partial charge < -0.3 is 15.4 Å². The molecule has 2 N–H and O–H groups in total.